The zero-order valence-electron chi connectivity index (χ0n) is 12.7. The molecule has 0 aromatic heterocycles. The Morgan fingerprint density at radius 3 is 2.40 bits per heavy atom. The minimum absolute atomic E-state index is 0.0272. The van der Waals surface area contributed by atoms with Crippen molar-refractivity contribution in [3.8, 4) is 0 Å². The molecule has 0 aromatic carbocycles. The monoisotopic (exact) mass is 285 g/mol. The van der Waals surface area contributed by atoms with Crippen LogP contribution in [0.1, 0.15) is 20.8 Å². The van der Waals surface area contributed by atoms with Gasteiger partial charge in [0, 0.05) is 33.3 Å². The average Bonchev–Trinajstić information content (AvgIpc) is 2.66. The molecule has 4 atom stereocenters. The van der Waals surface area contributed by atoms with Crippen LogP contribution in [0.25, 0.3) is 0 Å². The number of carbonyl (C=O) groups excluding carboxylic acids is 2. The summed E-state index contributed by atoms with van der Waals surface area (Å²) in [7, 11) is 3.20. The first kappa shape index (κ1) is 16.8. The van der Waals surface area contributed by atoms with Gasteiger partial charge in [-0.15, -0.1) is 0 Å². The van der Waals surface area contributed by atoms with E-state index < -0.39 is 6.23 Å². The minimum atomic E-state index is -0.465. The molecule has 114 valence electrons. The summed E-state index contributed by atoms with van der Waals surface area (Å²) < 4.78 is 16.4. The third kappa shape index (κ3) is 3.88. The molecule has 0 spiro atoms. The summed E-state index contributed by atoms with van der Waals surface area (Å²) in [5.74, 6) is -0.341. The molecule has 0 aromatic rings. The van der Waals surface area contributed by atoms with Gasteiger partial charge in [0.05, 0.1) is 12.7 Å². The van der Waals surface area contributed by atoms with Gasteiger partial charge in [-0.25, -0.2) is 0 Å². The van der Waals surface area contributed by atoms with Crippen molar-refractivity contribution in [1.82, 2.24) is 4.90 Å². The van der Waals surface area contributed by atoms with E-state index in [9.17, 15) is 9.59 Å². The Bertz CT molecular complexity index is 382. The topological polar surface area (TPSA) is 65.1 Å². The number of allylic oxidation sites excluding steroid dienone is 1. The van der Waals surface area contributed by atoms with Gasteiger partial charge in [0.2, 0.25) is 5.91 Å². The van der Waals surface area contributed by atoms with Crippen LogP contribution in [-0.4, -0.2) is 55.9 Å². The van der Waals surface area contributed by atoms with E-state index in [0.29, 0.717) is 6.61 Å². The lowest BCUT2D eigenvalue weighted by Gasteiger charge is -2.27. The van der Waals surface area contributed by atoms with Gasteiger partial charge in [-0.05, 0) is 13.0 Å². The summed E-state index contributed by atoms with van der Waals surface area (Å²) in [6.45, 7) is 5.21. The summed E-state index contributed by atoms with van der Waals surface area (Å²) in [5, 5.41) is 0. The van der Waals surface area contributed by atoms with E-state index in [4.69, 9.17) is 14.2 Å². The zero-order valence-corrected chi connectivity index (χ0v) is 12.7. The minimum Gasteiger partial charge on any atom is -0.382 e. The van der Waals surface area contributed by atoms with Crippen LogP contribution in [-0.2, 0) is 23.8 Å². The molecule has 6 nitrogen and oxygen atoms in total. The van der Waals surface area contributed by atoms with Gasteiger partial charge in [0.15, 0.2) is 5.78 Å². The highest BCUT2D eigenvalue weighted by Gasteiger charge is 2.45. The Morgan fingerprint density at radius 1 is 1.30 bits per heavy atom. The van der Waals surface area contributed by atoms with Crippen LogP contribution in [0.15, 0.2) is 12.3 Å². The number of ketones is 1. The molecule has 0 aliphatic carbocycles. The molecule has 1 aliphatic heterocycles. The fourth-order valence-corrected chi connectivity index (χ4v) is 2.42. The van der Waals surface area contributed by atoms with E-state index in [1.54, 1.807) is 14.2 Å². The van der Waals surface area contributed by atoms with E-state index in [-0.39, 0.29) is 29.8 Å². The first-order valence-electron chi connectivity index (χ1n) is 6.57. The average molecular weight is 285 g/mol. The molecule has 0 radical (unpaired) electrons. The summed E-state index contributed by atoms with van der Waals surface area (Å²) >= 11 is 0. The number of ether oxygens (including phenoxy) is 3. The fourth-order valence-electron chi connectivity index (χ4n) is 2.42. The van der Waals surface area contributed by atoms with Crippen molar-refractivity contribution in [2.45, 2.75) is 39.2 Å². The van der Waals surface area contributed by atoms with Crippen LogP contribution in [0, 0.1) is 5.92 Å². The van der Waals surface area contributed by atoms with E-state index in [2.05, 4.69) is 0 Å². The van der Waals surface area contributed by atoms with Crippen LogP contribution >= 0.6 is 0 Å². The molecular formula is C14H23NO5. The molecule has 1 saturated heterocycles. The molecule has 1 amide bonds. The van der Waals surface area contributed by atoms with Gasteiger partial charge in [-0.2, -0.15) is 0 Å². The smallest absolute Gasteiger partial charge is 0.225 e. The number of hydrogen-bond acceptors (Lipinski definition) is 5. The lowest BCUT2D eigenvalue weighted by Crippen LogP contribution is -2.39. The highest BCUT2D eigenvalue weighted by Crippen LogP contribution is 2.31. The summed E-state index contributed by atoms with van der Waals surface area (Å²) in [4.78, 5) is 24.2. The Balaban J connectivity index is 2.91. The predicted molar refractivity (Wildman–Crippen MR) is 72.8 cm³/mol. The highest BCUT2D eigenvalue weighted by molar-refractivity contribution is 5.87. The van der Waals surface area contributed by atoms with Crippen molar-refractivity contribution in [1.29, 1.82) is 0 Å². The maximum atomic E-state index is 11.8. The fraction of sp³-hybridized carbons (Fsp3) is 0.714. The van der Waals surface area contributed by atoms with Crippen LogP contribution in [0.4, 0.5) is 0 Å². The van der Waals surface area contributed by atoms with E-state index in [0.717, 1.165) is 0 Å². The lowest BCUT2D eigenvalue weighted by atomic mass is 10.0. The number of rotatable bonds is 6. The molecule has 1 heterocycles. The zero-order chi connectivity index (χ0) is 15.3. The van der Waals surface area contributed by atoms with Crippen molar-refractivity contribution in [3.63, 3.8) is 0 Å². The van der Waals surface area contributed by atoms with Crippen molar-refractivity contribution in [3.05, 3.63) is 12.3 Å². The third-order valence-electron chi connectivity index (χ3n) is 3.36. The lowest BCUT2D eigenvalue weighted by molar-refractivity contribution is -0.140. The van der Waals surface area contributed by atoms with Crippen LogP contribution < -0.4 is 0 Å². The SMILES string of the molecule is COCC1O[C@@H](N(/C=C\C(C)=O)C(C)=O)[C@@H](C)C1OC. The standard InChI is InChI=1S/C14H23NO5/c1-9(16)6-7-15(11(3)17)14-10(2)13(19-5)12(20-14)8-18-4/h6-7,10,12-14H,8H2,1-5H3/b7-6-/t10-,12?,13?,14+/m0/s1. The first-order valence-corrected chi connectivity index (χ1v) is 6.57. The molecule has 2 unspecified atom stereocenters. The van der Waals surface area contributed by atoms with Crippen LogP contribution in [0.5, 0.6) is 0 Å². The Kier molecular flexibility index (Phi) is 6.32. The highest BCUT2D eigenvalue weighted by atomic mass is 16.6. The maximum Gasteiger partial charge on any atom is 0.225 e. The summed E-state index contributed by atoms with van der Waals surface area (Å²) in [6.07, 6.45) is 1.95. The normalized spacial score (nSPS) is 29.9. The predicted octanol–water partition coefficient (Wildman–Crippen LogP) is 0.960. The molecule has 20 heavy (non-hydrogen) atoms. The quantitative estimate of drug-likeness (QED) is 0.680. The van der Waals surface area contributed by atoms with E-state index in [1.165, 1.54) is 31.0 Å². The van der Waals surface area contributed by atoms with Crippen molar-refractivity contribution < 1.29 is 23.8 Å². The summed E-state index contributed by atoms with van der Waals surface area (Å²) in [5.41, 5.74) is 0. The Labute approximate surface area is 119 Å². The molecular weight excluding hydrogens is 262 g/mol. The number of hydrogen-bond donors (Lipinski definition) is 0. The van der Waals surface area contributed by atoms with Crippen LogP contribution in [0.2, 0.25) is 0 Å². The van der Waals surface area contributed by atoms with Gasteiger partial charge in [0.25, 0.3) is 0 Å². The Hall–Kier alpha value is -1.24. The molecule has 1 fully saturated rings. The van der Waals surface area contributed by atoms with Gasteiger partial charge >= 0.3 is 0 Å². The number of methoxy groups -OCH3 is 2. The van der Waals surface area contributed by atoms with Crippen molar-refractivity contribution >= 4 is 11.7 Å². The molecule has 0 saturated carbocycles. The van der Waals surface area contributed by atoms with E-state index in [1.807, 2.05) is 6.92 Å². The van der Waals surface area contributed by atoms with Crippen LogP contribution in [0.3, 0.4) is 0 Å². The second-order valence-electron chi connectivity index (χ2n) is 4.93. The molecule has 0 N–H and O–H groups in total. The van der Waals surface area contributed by atoms with Gasteiger partial charge in [0.1, 0.15) is 12.3 Å². The molecule has 1 rings (SSSR count). The number of nitrogens with zero attached hydrogens (tertiary/aromatic N) is 1. The number of amides is 1. The second kappa shape index (κ2) is 7.52. The molecule has 6 heteroatoms. The van der Waals surface area contributed by atoms with Crippen molar-refractivity contribution in [2.24, 2.45) is 5.92 Å². The third-order valence-corrected chi connectivity index (χ3v) is 3.36. The van der Waals surface area contributed by atoms with Gasteiger partial charge in [-0.3, -0.25) is 14.5 Å². The molecule has 1 aliphatic rings. The largest absolute Gasteiger partial charge is 0.382 e. The number of carbonyl (C=O) groups is 2. The summed E-state index contributed by atoms with van der Waals surface area (Å²) in [6, 6.07) is 0. The van der Waals surface area contributed by atoms with Gasteiger partial charge < -0.3 is 14.2 Å². The Morgan fingerprint density at radius 2 is 1.95 bits per heavy atom. The molecule has 0 bridgehead atoms. The first-order chi connectivity index (χ1) is 9.42. The van der Waals surface area contributed by atoms with Crippen molar-refractivity contribution in [2.75, 3.05) is 20.8 Å². The second-order valence-corrected chi connectivity index (χ2v) is 4.93. The van der Waals surface area contributed by atoms with E-state index >= 15 is 0 Å². The van der Waals surface area contributed by atoms with Gasteiger partial charge in [-0.1, -0.05) is 6.92 Å². The maximum absolute atomic E-state index is 11.8.